The smallest absolute Gasteiger partial charge is 0.159 e. The van der Waals surface area contributed by atoms with Gasteiger partial charge in [0.05, 0.1) is 0 Å². The Bertz CT molecular complexity index is 837. The normalized spacial score (nSPS) is 26.8. The highest BCUT2D eigenvalue weighted by Crippen LogP contribution is 2.54. The highest BCUT2D eigenvalue weighted by Gasteiger charge is 2.50. The van der Waals surface area contributed by atoms with E-state index in [1.165, 1.54) is 19.3 Å². The van der Waals surface area contributed by atoms with Gasteiger partial charge in [-0.1, -0.05) is 38.4 Å². The van der Waals surface area contributed by atoms with E-state index in [4.69, 9.17) is 17.3 Å². The lowest BCUT2D eigenvalue weighted by Crippen LogP contribution is -2.35. The van der Waals surface area contributed by atoms with Crippen LogP contribution in [-0.4, -0.2) is 22.6 Å². The van der Waals surface area contributed by atoms with Crippen molar-refractivity contribution in [3.05, 3.63) is 35.6 Å². The van der Waals surface area contributed by atoms with Crippen molar-refractivity contribution in [2.24, 2.45) is 10.8 Å². The van der Waals surface area contributed by atoms with Crippen LogP contribution in [0.2, 0.25) is 5.02 Å². The highest BCUT2D eigenvalue weighted by atomic mass is 35.5. The quantitative estimate of drug-likeness (QED) is 0.806. The zero-order chi connectivity index (χ0) is 18.5. The summed E-state index contributed by atoms with van der Waals surface area (Å²) < 4.78 is 0. The summed E-state index contributed by atoms with van der Waals surface area (Å²) in [6.07, 6.45) is 5.21. The standard InChI is InChI=1S/C20H26ClN5/c1-19(2)8-15-9-20(3,10-19)11-26(15)18-16(22)17(23-12-24-18)25-14-6-4-5-13(21)7-14/h4-7,12,15H,8-11,22H2,1-3H3,(H,23,24,25). The topological polar surface area (TPSA) is 67.1 Å². The molecule has 1 aromatic carbocycles. The maximum absolute atomic E-state index is 6.48. The van der Waals surface area contributed by atoms with Crippen molar-refractivity contribution in [2.75, 3.05) is 22.5 Å². The summed E-state index contributed by atoms with van der Waals surface area (Å²) in [7, 11) is 0. The third-order valence-corrected chi connectivity index (χ3v) is 5.87. The lowest BCUT2D eigenvalue weighted by molar-refractivity contribution is 0.136. The monoisotopic (exact) mass is 371 g/mol. The number of nitrogens with zero attached hydrogens (tertiary/aromatic N) is 3. The molecule has 138 valence electrons. The fraction of sp³-hybridized carbons (Fsp3) is 0.500. The van der Waals surface area contributed by atoms with E-state index in [1.807, 2.05) is 24.3 Å². The third-order valence-electron chi connectivity index (χ3n) is 5.64. The van der Waals surface area contributed by atoms with Gasteiger partial charge in [0.15, 0.2) is 11.6 Å². The van der Waals surface area contributed by atoms with E-state index in [0.29, 0.717) is 33.4 Å². The number of hydrogen-bond donors (Lipinski definition) is 2. The van der Waals surface area contributed by atoms with Crippen molar-refractivity contribution in [1.29, 1.82) is 0 Å². The average molecular weight is 372 g/mol. The van der Waals surface area contributed by atoms with Crippen LogP contribution in [0.1, 0.15) is 40.0 Å². The Morgan fingerprint density at radius 1 is 1.23 bits per heavy atom. The number of anilines is 4. The van der Waals surface area contributed by atoms with E-state index in [2.05, 4.69) is 41.0 Å². The number of nitrogens with one attached hydrogen (secondary N) is 1. The molecule has 0 amide bonds. The van der Waals surface area contributed by atoms with E-state index < -0.39 is 0 Å². The van der Waals surface area contributed by atoms with Gasteiger partial charge in [0.1, 0.15) is 12.0 Å². The third kappa shape index (κ3) is 3.20. The van der Waals surface area contributed by atoms with Crippen molar-refractivity contribution in [3.8, 4) is 0 Å². The van der Waals surface area contributed by atoms with Gasteiger partial charge in [-0.3, -0.25) is 0 Å². The second-order valence-corrected chi connectivity index (χ2v) is 9.37. The van der Waals surface area contributed by atoms with Gasteiger partial charge < -0.3 is 16.0 Å². The molecule has 4 rings (SSSR count). The molecule has 1 aromatic heterocycles. The van der Waals surface area contributed by atoms with Crippen LogP contribution in [0, 0.1) is 10.8 Å². The molecule has 2 aliphatic rings. The Balaban J connectivity index is 1.64. The molecule has 0 radical (unpaired) electrons. The molecule has 6 heteroatoms. The molecular formula is C20H26ClN5. The van der Waals surface area contributed by atoms with E-state index >= 15 is 0 Å². The maximum atomic E-state index is 6.48. The van der Waals surface area contributed by atoms with Crippen molar-refractivity contribution < 1.29 is 0 Å². The summed E-state index contributed by atoms with van der Waals surface area (Å²) in [4.78, 5) is 11.3. The van der Waals surface area contributed by atoms with Gasteiger partial charge in [-0.05, 0) is 48.3 Å². The first kappa shape index (κ1) is 17.4. The van der Waals surface area contributed by atoms with Crippen LogP contribution >= 0.6 is 11.6 Å². The zero-order valence-corrected chi connectivity index (χ0v) is 16.3. The Hall–Kier alpha value is -2.01. The molecule has 0 spiro atoms. The first-order valence-electron chi connectivity index (χ1n) is 9.14. The van der Waals surface area contributed by atoms with Crippen LogP contribution in [0.3, 0.4) is 0 Å². The van der Waals surface area contributed by atoms with Crippen LogP contribution in [-0.2, 0) is 0 Å². The highest BCUT2D eigenvalue weighted by molar-refractivity contribution is 6.30. The summed E-state index contributed by atoms with van der Waals surface area (Å²) in [6, 6.07) is 8.03. The van der Waals surface area contributed by atoms with Gasteiger partial charge in [-0.15, -0.1) is 0 Å². The van der Waals surface area contributed by atoms with Gasteiger partial charge in [-0.2, -0.15) is 0 Å². The predicted molar refractivity (Wildman–Crippen MR) is 108 cm³/mol. The number of rotatable bonds is 3. The minimum absolute atomic E-state index is 0.324. The van der Waals surface area contributed by atoms with E-state index in [0.717, 1.165) is 18.1 Å². The molecule has 2 unspecified atom stereocenters. The lowest BCUT2D eigenvalue weighted by atomic mass is 9.65. The molecule has 3 N–H and O–H groups in total. The molecule has 2 bridgehead atoms. The molecule has 5 nitrogen and oxygen atoms in total. The summed E-state index contributed by atoms with van der Waals surface area (Å²) in [5, 5.41) is 3.95. The Morgan fingerprint density at radius 2 is 2.04 bits per heavy atom. The number of aromatic nitrogens is 2. The van der Waals surface area contributed by atoms with Gasteiger partial charge in [0, 0.05) is 23.3 Å². The Morgan fingerprint density at radius 3 is 2.81 bits per heavy atom. The fourth-order valence-corrected chi connectivity index (χ4v) is 5.32. The van der Waals surface area contributed by atoms with Gasteiger partial charge in [0.25, 0.3) is 0 Å². The number of halogens is 1. The second kappa shape index (κ2) is 6.02. The van der Waals surface area contributed by atoms with E-state index in [1.54, 1.807) is 6.33 Å². The summed E-state index contributed by atoms with van der Waals surface area (Å²) in [6.45, 7) is 8.13. The maximum Gasteiger partial charge on any atom is 0.159 e. The molecule has 1 aliphatic carbocycles. The first-order chi connectivity index (χ1) is 12.2. The average Bonchev–Trinajstić information content (AvgIpc) is 2.78. The number of nitrogens with two attached hydrogens (primary N) is 1. The van der Waals surface area contributed by atoms with Gasteiger partial charge in [-0.25, -0.2) is 9.97 Å². The van der Waals surface area contributed by atoms with Crippen molar-refractivity contribution >= 4 is 34.6 Å². The molecule has 26 heavy (non-hydrogen) atoms. The molecule has 2 aromatic rings. The molecule has 1 saturated carbocycles. The minimum atomic E-state index is 0.324. The first-order valence-corrected chi connectivity index (χ1v) is 9.52. The fourth-order valence-electron chi connectivity index (χ4n) is 5.13. The second-order valence-electron chi connectivity index (χ2n) is 8.94. The molecule has 2 fully saturated rings. The number of hydrogen-bond acceptors (Lipinski definition) is 5. The number of nitrogen functional groups attached to an aromatic ring is 1. The van der Waals surface area contributed by atoms with Crippen LogP contribution in [0.25, 0.3) is 0 Å². The van der Waals surface area contributed by atoms with Crippen molar-refractivity contribution in [1.82, 2.24) is 9.97 Å². The van der Waals surface area contributed by atoms with Crippen LogP contribution < -0.4 is 16.0 Å². The molecule has 2 atom stereocenters. The SMILES string of the molecule is CC1(C)CC2CC(C)(CN2c2ncnc(Nc3cccc(Cl)c3)c2N)C1. The Kier molecular flexibility index (Phi) is 4.03. The molecule has 2 heterocycles. The van der Waals surface area contributed by atoms with Crippen molar-refractivity contribution in [3.63, 3.8) is 0 Å². The van der Waals surface area contributed by atoms with Gasteiger partial charge >= 0.3 is 0 Å². The summed E-state index contributed by atoms with van der Waals surface area (Å²) >= 11 is 6.08. The Labute approximate surface area is 160 Å². The van der Waals surface area contributed by atoms with Gasteiger partial charge in [0.2, 0.25) is 0 Å². The number of fused-ring (bicyclic) bond motifs is 2. The van der Waals surface area contributed by atoms with Crippen LogP contribution in [0.15, 0.2) is 30.6 Å². The predicted octanol–water partition coefficient (Wildman–Crippen LogP) is 4.86. The largest absolute Gasteiger partial charge is 0.393 e. The minimum Gasteiger partial charge on any atom is -0.393 e. The van der Waals surface area contributed by atoms with Crippen LogP contribution in [0.4, 0.5) is 23.0 Å². The van der Waals surface area contributed by atoms with E-state index in [-0.39, 0.29) is 0 Å². The molecule has 1 saturated heterocycles. The lowest BCUT2D eigenvalue weighted by Gasteiger charge is -2.39. The van der Waals surface area contributed by atoms with E-state index in [9.17, 15) is 0 Å². The number of benzene rings is 1. The zero-order valence-electron chi connectivity index (χ0n) is 15.6. The van der Waals surface area contributed by atoms with Crippen molar-refractivity contribution in [2.45, 2.75) is 46.1 Å². The molecular weight excluding hydrogens is 346 g/mol. The summed E-state index contributed by atoms with van der Waals surface area (Å²) in [5.41, 5.74) is 8.62. The molecule has 1 aliphatic heterocycles. The van der Waals surface area contributed by atoms with Crippen LogP contribution in [0.5, 0.6) is 0 Å². The summed E-state index contributed by atoms with van der Waals surface area (Å²) in [5.74, 6) is 1.47.